The smallest absolute Gasteiger partial charge is 0.312 e. The second-order valence-corrected chi connectivity index (χ2v) is 8.98. The van der Waals surface area contributed by atoms with Gasteiger partial charge in [0.15, 0.2) is 9.84 Å². The molecule has 2 aromatic carbocycles. The van der Waals surface area contributed by atoms with Gasteiger partial charge in [-0.05, 0) is 55.7 Å². The van der Waals surface area contributed by atoms with E-state index in [2.05, 4.69) is 0 Å². The molecule has 150 valence electrons. The Hall–Kier alpha value is -2.35. The molecule has 0 radical (unpaired) electrons. The van der Waals surface area contributed by atoms with Crippen molar-refractivity contribution in [2.75, 3.05) is 17.2 Å². The molecule has 8 heteroatoms. The predicted octanol–water partition coefficient (Wildman–Crippen LogP) is 4.16. The van der Waals surface area contributed by atoms with Gasteiger partial charge in [0.05, 0.1) is 16.2 Å². The van der Waals surface area contributed by atoms with E-state index in [4.69, 9.17) is 0 Å². The Kier molecular flexibility index (Phi) is 5.52. The van der Waals surface area contributed by atoms with E-state index in [9.17, 15) is 26.4 Å². The van der Waals surface area contributed by atoms with Crippen molar-refractivity contribution in [2.24, 2.45) is 0 Å². The van der Waals surface area contributed by atoms with Crippen LogP contribution in [-0.2, 0) is 27.2 Å². The first kappa shape index (κ1) is 20.4. The molecule has 0 unspecified atom stereocenters. The van der Waals surface area contributed by atoms with Gasteiger partial charge in [0.2, 0.25) is 5.91 Å². The summed E-state index contributed by atoms with van der Waals surface area (Å²) in [6.07, 6.45) is -3.68. The Bertz CT molecular complexity index is 983. The molecule has 0 bridgehead atoms. The van der Waals surface area contributed by atoms with E-state index in [-0.39, 0.29) is 17.1 Å². The van der Waals surface area contributed by atoms with Crippen LogP contribution in [0.4, 0.5) is 18.9 Å². The number of amides is 1. The van der Waals surface area contributed by atoms with E-state index >= 15 is 0 Å². The van der Waals surface area contributed by atoms with Crippen molar-refractivity contribution in [3.8, 4) is 0 Å². The minimum atomic E-state index is -4.44. The summed E-state index contributed by atoms with van der Waals surface area (Å²) in [4.78, 5) is 14.2. The number of hydrogen-bond donors (Lipinski definition) is 0. The third-order valence-corrected chi connectivity index (χ3v) is 6.52. The van der Waals surface area contributed by atoms with Crippen molar-refractivity contribution in [3.63, 3.8) is 0 Å². The number of alkyl halides is 3. The van der Waals surface area contributed by atoms with Crippen LogP contribution in [0.5, 0.6) is 0 Å². The third kappa shape index (κ3) is 4.38. The molecule has 1 aliphatic heterocycles. The number of rotatable bonds is 4. The molecule has 0 N–H and O–H groups in total. The van der Waals surface area contributed by atoms with Crippen LogP contribution in [0.3, 0.4) is 0 Å². The van der Waals surface area contributed by atoms with Crippen LogP contribution in [0.25, 0.3) is 0 Å². The first-order valence-electron chi connectivity index (χ1n) is 8.88. The maximum atomic E-state index is 12.9. The van der Waals surface area contributed by atoms with Crippen LogP contribution in [0.1, 0.15) is 29.5 Å². The molecule has 0 spiro atoms. The molecule has 1 aliphatic rings. The van der Waals surface area contributed by atoms with Gasteiger partial charge in [0.25, 0.3) is 0 Å². The first-order valence-corrected chi connectivity index (χ1v) is 10.5. The average Bonchev–Trinajstić information content (AvgIpc) is 2.65. The highest BCUT2D eigenvalue weighted by Gasteiger charge is 2.32. The lowest BCUT2D eigenvalue weighted by Crippen LogP contribution is -2.36. The fourth-order valence-corrected chi connectivity index (χ4v) is 4.48. The molecule has 0 saturated heterocycles. The Morgan fingerprint density at radius 1 is 1.11 bits per heavy atom. The molecular formula is C20H20F3NO3S. The summed E-state index contributed by atoms with van der Waals surface area (Å²) in [5.41, 5.74) is 1.06. The van der Waals surface area contributed by atoms with Crippen LogP contribution < -0.4 is 4.90 Å². The zero-order valence-electron chi connectivity index (χ0n) is 15.3. The molecule has 3 rings (SSSR count). The Morgan fingerprint density at radius 3 is 2.43 bits per heavy atom. The molecule has 0 fully saturated rings. The normalized spacial score (nSPS) is 14.6. The minimum Gasteiger partial charge on any atom is -0.312 e. The summed E-state index contributed by atoms with van der Waals surface area (Å²) in [6, 6.07) is 9.70. The highest BCUT2D eigenvalue weighted by Crippen LogP contribution is 2.35. The second kappa shape index (κ2) is 7.58. The fourth-order valence-electron chi connectivity index (χ4n) is 3.25. The number of anilines is 1. The number of benzene rings is 2. The molecule has 1 amide bonds. The Labute approximate surface area is 161 Å². The zero-order valence-corrected chi connectivity index (χ0v) is 16.1. The predicted molar refractivity (Wildman–Crippen MR) is 100.0 cm³/mol. The number of carbonyl (C=O) groups is 1. The highest BCUT2D eigenvalue weighted by atomic mass is 32.2. The minimum absolute atomic E-state index is 0.153. The Balaban J connectivity index is 1.75. The summed E-state index contributed by atoms with van der Waals surface area (Å²) < 4.78 is 63.6. The zero-order chi connectivity index (χ0) is 20.5. The SMILES string of the molecule is Cc1ccc(S(=O)(=O)CCC(=O)N2CCCc3cc(C(F)(F)F)ccc32)cc1. The first-order chi connectivity index (χ1) is 13.1. The highest BCUT2D eigenvalue weighted by molar-refractivity contribution is 7.91. The summed E-state index contributed by atoms with van der Waals surface area (Å²) >= 11 is 0. The number of halogens is 3. The number of fused-ring (bicyclic) bond motifs is 1. The molecular weight excluding hydrogens is 391 g/mol. The van der Waals surface area contributed by atoms with Crippen molar-refractivity contribution in [2.45, 2.75) is 37.3 Å². The summed E-state index contributed by atoms with van der Waals surface area (Å²) in [6.45, 7) is 2.21. The number of carbonyl (C=O) groups excluding carboxylic acids is 1. The lowest BCUT2D eigenvalue weighted by Gasteiger charge is -2.30. The molecule has 28 heavy (non-hydrogen) atoms. The van der Waals surface area contributed by atoms with E-state index < -0.39 is 27.5 Å². The van der Waals surface area contributed by atoms with Crippen molar-refractivity contribution in [3.05, 3.63) is 59.2 Å². The van der Waals surface area contributed by atoms with Crippen LogP contribution in [-0.4, -0.2) is 26.6 Å². The van der Waals surface area contributed by atoms with E-state index in [0.29, 0.717) is 30.6 Å². The number of hydrogen-bond acceptors (Lipinski definition) is 3. The molecule has 0 aromatic heterocycles. The van der Waals surface area contributed by atoms with Gasteiger partial charge in [0.1, 0.15) is 0 Å². The molecule has 0 atom stereocenters. The van der Waals surface area contributed by atoms with Gasteiger partial charge >= 0.3 is 6.18 Å². The summed E-state index contributed by atoms with van der Waals surface area (Å²) in [7, 11) is -3.61. The van der Waals surface area contributed by atoms with E-state index in [0.717, 1.165) is 17.7 Å². The monoisotopic (exact) mass is 411 g/mol. The van der Waals surface area contributed by atoms with Crippen molar-refractivity contribution >= 4 is 21.4 Å². The van der Waals surface area contributed by atoms with Crippen LogP contribution in [0, 0.1) is 6.92 Å². The lowest BCUT2D eigenvalue weighted by atomic mass is 9.98. The van der Waals surface area contributed by atoms with Gasteiger partial charge in [0, 0.05) is 18.7 Å². The van der Waals surface area contributed by atoms with E-state index in [1.807, 2.05) is 6.92 Å². The maximum Gasteiger partial charge on any atom is 0.416 e. The third-order valence-electron chi connectivity index (χ3n) is 4.79. The quantitative estimate of drug-likeness (QED) is 0.759. The lowest BCUT2D eigenvalue weighted by molar-refractivity contribution is -0.137. The summed E-state index contributed by atoms with van der Waals surface area (Å²) in [5.74, 6) is -0.752. The van der Waals surface area contributed by atoms with Crippen molar-refractivity contribution < 1.29 is 26.4 Å². The van der Waals surface area contributed by atoms with Crippen molar-refractivity contribution in [1.29, 1.82) is 0 Å². The van der Waals surface area contributed by atoms with Crippen molar-refractivity contribution in [1.82, 2.24) is 0 Å². The Morgan fingerprint density at radius 2 is 1.79 bits per heavy atom. The molecule has 2 aromatic rings. The van der Waals surface area contributed by atoms with Gasteiger partial charge in [-0.25, -0.2) is 8.42 Å². The van der Waals surface area contributed by atoms with E-state index in [1.54, 1.807) is 12.1 Å². The second-order valence-electron chi connectivity index (χ2n) is 6.87. The van der Waals surface area contributed by atoms with Crippen LogP contribution >= 0.6 is 0 Å². The average molecular weight is 411 g/mol. The molecule has 1 heterocycles. The van der Waals surface area contributed by atoms with E-state index in [1.165, 1.54) is 23.1 Å². The van der Waals surface area contributed by atoms with Gasteiger partial charge in [-0.1, -0.05) is 17.7 Å². The standard InChI is InChI=1S/C20H20F3NO3S/c1-14-4-7-17(8-5-14)28(26,27)12-10-19(25)24-11-2-3-15-13-16(20(21,22)23)6-9-18(15)24/h4-9,13H,2-3,10-12H2,1H3. The number of nitrogens with zero attached hydrogens (tertiary/aromatic N) is 1. The van der Waals surface area contributed by atoms with Crippen LogP contribution in [0.2, 0.25) is 0 Å². The van der Waals surface area contributed by atoms with Gasteiger partial charge < -0.3 is 4.90 Å². The largest absolute Gasteiger partial charge is 0.416 e. The maximum absolute atomic E-state index is 12.9. The van der Waals surface area contributed by atoms with Gasteiger partial charge in [-0.15, -0.1) is 0 Å². The molecule has 4 nitrogen and oxygen atoms in total. The number of sulfone groups is 1. The topological polar surface area (TPSA) is 54.5 Å². The fraction of sp³-hybridized carbons (Fsp3) is 0.350. The molecule has 0 aliphatic carbocycles. The summed E-state index contributed by atoms with van der Waals surface area (Å²) in [5, 5.41) is 0. The molecule has 0 saturated carbocycles. The van der Waals surface area contributed by atoms with Gasteiger partial charge in [-0.3, -0.25) is 4.79 Å². The van der Waals surface area contributed by atoms with Gasteiger partial charge in [-0.2, -0.15) is 13.2 Å². The van der Waals surface area contributed by atoms with Crippen LogP contribution in [0.15, 0.2) is 47.4 Å². The number of aryl methyl sites for hydroxylation is 2.